The molecule has 1 heterocycles. The average Bonchev–Trinajstić information content (AvgIpc) is 2.87. The molecule has 0 saturated carbocycles. The Morgan fingerprint density at radius 3 is 2.68 bits per heavy atom. The number of aromatic nitrogens is 1. The molecule has 2 aromatic rings. The zero-order valence-corrected chi connectivity index (χ0v) is 11.4. The second-order valence-electron chi connectivity index (χ2n) is 3.97. The third-order valence-corrected chi connectivity index (χ3v) is 3.49. The van der Waals surface area contributed by atoms with Gasteiger partial charge < -0.3 is 15.2 Å². The SMILES string of the molecule is COc1ccc(C(C)Nc2scnc2C(=O)O)cc1. The van der Waals surface area contributed by atoms with E-state index in [0.29, 0.717) is 5.00 Å². The van der Waals surface area contributed by atoms with Crippen molar-refractivity contribution >= 4 is 22.3 Å². The first-order valence-electron chi connectivity index (χ1n) is 5.69. The highest BCUT2D eigenvalue weighted by Crippen LogP contribution is 2.26. The molecule has 6 heteroatoms. The fourth-order valence-electron chi connectivity index (χ4n) is 1.67. The molecule has 0 aliphatic carbocycles. The van der Waals surface area contributed by atoms with E-state index >= 15 is 0 Å². The maximum atomic E-state index is 11.0. The lowest BCUT2D eigenvalue weighted by atomic mass is 10.1. The van der Waals surface area contributed by atoms with E-state index in [4.69, 9.17) is 9.84 Å². The van der Waals surface area contributed by atoms with E-state index in [-0.39, 0.29) is 11.7 Å². The fraction of sp³-hybridized carbons (Fsp3) is 0.231. The van der Waals surface area contributed by atoms with Crippen molar-refractivity contribution in [3.05, 3.63) is 41.0 Å². The van der Waals surface area contributed by atoms with Gasteiger partial charge in [0.25, 0.3) is 0 Å². The molecular formula is C13H14N2O3S. The van der Waals surface area contributed by atoms with Crippen LogP contribution in [0.5, 0.6) is 5.75 Å². The second-order valence-corrected chi connectivity index (χ2v) is 4.83. The topological polar surface area (TPSA) is 71.5 Å². The molecule has 5 nitrogen and oxygen atoms in total. The van der Waals surface area contributed by atoms with Crippen molar-refractivity contribution in [1.29, 1.82) is 0 Å². The van der Waals surface area contributed by atoms with Crippen molar-refractivity contribution in [2.45, 2.75) is 13.0 Å². The van der Waals surface area contributed by atoms with Crippen molar-refractivity contribution in [2.75, 3.05) is 12.4 Å². The van der Waals surface area contributed by atoms with Gasteiger partial charge in [-0.2, -0.15) is 0 Å². The molecule has 2 N–H and O–H groups in total. The lowest BCUT2D eigenvalue weighted by Gasteiger charge is -2.14. The van der Waals surface area contributed by atoms with Crippen LogP contribution in [0.25, 0.3) is 0 Å². The first kappa shape index (κ1) is 13.4. The lowest BCUT2D eigenvalue weighted by Crippen LogP contribution is -2.09. The standard InChI is InChI=1S/C13H14N2O3S/c1-8(9-3-5-10(18-2)6-4-9)15-12-11(13(16)17)14-7-19-12/h3-8,15H,1-2H3,(H,16,17). The minimum absolute atomic E-state index is 0.00976. The average molecular weight is 278 g/mol. The predicted octanol–water partition coefficient (Wildman–Crippen LogP) is 3.02. The highest BCUT2D eigenvalue weighted by atomic mass is 32.1. The van der Waals surface area contributed by atoms with E-state index in [0.717, 1.165) is 11.3 Å². The highest BCUT2D eigenvalue weighted by molar-refractivity contribution is 7.14. The second kappa shape index (κ2) is 5.71. The number of ether oxygens (including phenoxy) is 1. The van der Waals surface area contributed by atoms with Gasteiger partial charge in [-0.1, -0.05) is 12.1 Å². The summed E-state index contributed by atoms with van der Waals surface area (Å²) >= 11 is 1.28. The Morgan fingerprint density at radius 1 is 1.42 bits per heavy atom. The van der Waals surface area contributed by atoms with Crippen LogP contribution in [0.3, 0.4) is 0 Å². The summed E-state index contributed by atoms with van der Waals surface area (Å²) in [6, 6.07) is 7.62. The highest BCUT2D eigenvalue weighted by Gasteiger charge is 2.15. The first-order chi connectivity index (χ1) is 9.11. The molecule has 0 bridgehead atoms. The molecule has 0 aliphatic rings. The molecule has 0 aliphatic heterocycles. The van der Waals surface area contributed by atoms with E-state index in [2.05, 4.69) is 10.3 Å². The van der Waals surface area contributed by atoms with Crippen LogP contribution in [0.2, 0.25) is 0 Å². The van der Waals surface area contributed by atoms with Gasteiger partial charge >= 0.3 is 5.97 Å². The first-order valence-corrected chi connectivity index (χ1v) is 6.57. The van der Waals surface area contributed by atoms with Gasteiger partial charge in [-0.3, -0.25) is 0 Å². The van der Waals surface area contributed by atoms with Gasteiger partial charge in [0, 0.05) is 6.04 Å². The van der Waals surface area contributed by atoms with Crippen molar-refractivity contribution in [2.24, 2.45) is 0 Å². The van der Waals surface area contributed by atoms with Gasteiger partial charge in [0.05, 0.1) is 12.6 Å². The number of nitrogens with one attached hydrogen (secondary N) is 1. The Hall–Kier alpha value is -2.08. The third kappa shape index (κ3) is 3.03. The van der Waals surface area contributed by atoms with E-state index in [9.17, 15) is 4.79 Å². The zero-order valence-electron chi connectivity index (χ0n) is 10.6. The Balaban J connectivity index is 2.13. The van der Waals surface area contributed by atoms with E-state index in [1.807, 2.05) is 31.2 Å². The Kier molecular flexibility index (Phi) is 4.01. The summed E-state index contributed by atoms with van der Waals surface area (Å²) in [7, 11) is 1.62. The summed E-state index contributed by atoms with van der Waals surface area (Å²) in [6.07, 6.45) is 0. The molecule has 0 fully saturated rings. The van der Waals surface area contributed by atoms with Gasteiger partial charge in [0.1, 0.15) is 10.8 Å². The smallest absolute Gasteiger partial charge is 0.357 e. The number of aromatic carboxylic acids is 1. The van der Waals surface area contributed by atoms with Gasteiger partial charge in [0.15, 0.2) is 5.69 Å². The van der Waals surface area contributed by atoms with Crippen LogP contribution >= 0.6 is 11.3 Å². The number of carboxylic acids is 1. The largest absolute Gasteiger partial charge is 0.497 e. The summed E-state index contributed by atoms with van der Waals surface area (Å²) < 4.78 is 5.10. The molecule has 1 atom stereocenters. The maximum Gasteiger partial charge on any atom is 0.357 e. The minimum atomic E-state index is -1.02. The number of methoxy groups -OCH3 is 1. The van der Waals surface area contributed by atoms with Crippen molar-refractivity contribution in [1.82, 2.24) is 4.98 Å². The monoisotopic (exact) mass is 278 g/mol. The van der Waals surface area contributed by atoms with E-state index < -0.39 is 5.97 Å². The number of benzene rings is 1. The number of anilines is 1. The van der Waals surface area contributed by atoms with E-state index in [1.54, 1.807) is 7.11 Å². The summed E-state index contributed by atoms with van der Waals surface area (Å²) in [5, 5.41) is 12.7. The van der Waals surface area contributed by atoms with Crippen LogP contribution in [-0.2, 0) is 0 Å². The molecule has 0 spiro atoms. The molecule has 19 heavy (non-hydrogen) atoms. The zero-order chi connectivity index (χ0) is 13.8. The van der Waals surface area contributed by atoms with Gasteiger partial charge in [-0.15, -0.1) is 11.3 Å². The molecule has 0 radical (unpaired) electrons. The summed E-state index contributed by atoms with van der Waals surface area (Å²) in [5.41, 5.74) is 2.63. The normalized spacial score (nSPS) is 11.9. The predicted molar refractivity (Wildman–Crippen MR) is 74.1 cm³/mol. The van der Waals surface area contributed by atoms with Crippen LogP contribution in [0.15, 0.2) is 29.8 Å². The quantitative estimate of drug-likeness (QED) is 0.879. The number of carbonyl (C=O) groups is 1. The molecule has 2 rings (SSSR count). The summed E-state index contributed by atoms with van der Waals surface area (Å²) in [6.45, 7) is 1.97. The van der Waals surface area contributed by atoms with Gasteiger partial charge in [0.2, 0.25) is 0 Å². The summed E-state index contributed by atoms with van der Waals surface area (Å²) in [4.78, 5) is 14.8. The number of rotatable bonds is 5. The van der Waals surface area contributed by atoms with Gasteiger partial charge in [-0.05, 0) is 24.6 Å². The molecule has 100 valence electrons. The van der Waals surface area contributed by atoms with Crippen LogP contribution < -0.4 is 10.1 Å². The summed E-state index contributed by atoms with van der Waals surface area (Å²) in [5.74, 6) is -0.231. The van der Waals surface area contributed by atoms with Crippen molar-refractivity contribution in [3.8, 4) is 5.75 Å². The Morgan fingerprint density at radius 2 is 2.11 bits per heavy atom. The molecular weight excluding hydrogens is 264 g/mol. The van der Waals surface area contributed by atoms with E-state index in [1.165, 1.54) is 16.8 Å². The number of carboxylic acid groups (broad SMARTS) is 1. The van der Waals surface area contributed by atoms with Crippen LogP contribution in [-0.4, -0.2) is 23.2 Å². The van der Waals surface area contributed by atoms with Crippen LogP contribution in [0.1, 0.15) is 29.0 Å². The van der Waals surface area contributed by atoms with Crippen LogP contribution in [0.4, 0.5) is 5.00 Å². The maximum absolute atomic E-state index is 11.0. The van der Waals surface area contributed by atoms with Crippen molar-refractivity contribution < 1.29 is 14.6 Å². The van der Waals surface area contributed by atoms with Crippen LogP contribution in [0, 0.1) is 0 Å². The molecule has 0 saturated heterocycles. The fourth-order valence-corrected chi connectivity index (χ4v) is 2.43. The Labute approximate surface area is 114 Å². The lowest BCUT2D eigenvalue weighted by molar-refractivity contribution is 0.0692. The molecule has 1 unspecified atom stereocenters. The number of hydrogen-bond acceptors (Lipinski definition) is 5. The minimum Gasteiger partial charge on any atom is -0.497 e. The molecule has 0 amide bonds. The number of hydrogen-bond donors (Lipinski definition) is 2. The van der Waals surface area contributed by atoms with Crippen molar-refractivity contribution in [3.63, 3.8) is 0 Å². The Bertz CT molecular complexity index is 566. The van der Waals surface area contributed by atoms with Gasteiger partial charge in [-0.25, -0.2) is 9.78 Å². The molecule has 1 aromatic carbocycles. The number of nitrogens with zero attached hydrogens (tertiary/aromatic N) is 1. The third-order valence-electron chi connectivity index (χ3n) is 2.73. The molecule has 1 aromatic heterocycles. The number of thiazole rings is 1.